The van der Waals surface area contributed by atoms with Gasteiger partial charge in [0.1, 0.15) is 10.7 Å². The molecule has 0 atom stereocenters. The van der Waals surface area contributed by atoms with E-state index in [-0.39, 0.29) is 35.3 Å². The van der Waals surface area contributed by atoms with Crippen LogP contribution in [0, 0.1) is 11.7 Å². The van der Waals surface area contributed by atoms with Gasteiger partial charge in [0.15, 0.2) is 0 Å². The molecule has 162 valence electrons. The number of carbonyl (C=O) groups is 1. The average molecular weight is 457 g/mol. The van der Waals surface area contributed by atoms with Gasteiger partial charge in [-0.05, 0) is 43.2 Å². The van der Waals surface area contributed by atoms with E-state index in [0.717, 1.165) is 12.3 Å². The molecule has 9 nitrogen and oxygen atoms in total. The van der Waals surface area contributed by atoms with E-state index in [4.69, 9.17) is 0 Å². The van der Waals surface area contributed by atoms with E-state index in [1.54, 1.807) is 6.07 Å². The van der Waals surface area contributed by atoms with Crippen LogP contribution in [-0.2, 0) is 24.8 Å². The molecule has 1 aromatic heterocycles. The lowest BCUT2D eigenvalue weighted by molar-refractivity contribution is -0.120. The maximum Gasteiger partial charge on any atom is 0.244 e. The number of aromatic nitrogens is 1. The molecule has 1 fully saturated rings. The van der Waals surface area contributed by atoms with Gasteiger partial charge in [-0.3, -0.25) is 14.5 Å². The third kappa shape index (κ3) is 5.32. The minimum Gasteiger partial charge on any atom is -0.326 e. The van der Waals surface area contributed by atoms with Gasteiger partial charge >= 0.3 is 0 Å². The van der Waals surface area contributed by atoms with Gasteiger partial charge in [-0.2, -0.15) is 4.31 Å². The number of anilines is 2. The summed E-state index contributed by atoms with van der Waals surface area (Å²) in [5, 5.41) is 2.63. The van der Waals surface area contributed by atoms with Crippen molar-refractivity contribution in [2.24, 2.45) is 5.92 Å². The lowest BCUT2D eigenvalue weighted by Crippen LogP contribution is -2.41. The Balaban J connectivity index is 1.63. The Hall–Kier alpha value is -2.57. The summed E-state index contributed by atoms with van der Waals surface area (Å²) in [5.74, 6) is -1.54. The highest BCUT2D eigenvalue weighted by Crippen LogP contribution is 2.26. The average Bonchev–Trinajstić information content (AvgIpc) is 2.70. The maximum atomic E-state index is 13.8. The smallest absolute Gasteiger partial charge is 0.244 e. The summed E-state index contributed by atoms with van der Waals surface area (Å²) in [7, 11) is -7.34. The monoisotopic (exact) mass is 456 g/mol. The molecule has 1 saturated heterocycles. The zero-order valence-electron chi connectivity index (χ0n) is 16.1. The van der Waals surface area contributed by atoms with Gasteiger partial charge < -0.3 is 5.32 Å². The molecule has 0 bridgehead atoms. The summed E-state index contributed by atoms with van der Waals surface area (Å²) >= 11 is 0. The van der Waals surface area contributed by atoms with Gasteiger partial charge in [0, 0.05) is 37.1 Å². The van der Waals surface area contributed by atoms with Crippen LogP contribution in [0.1, 0.15) is 12.8 Å². The Morgan fingerprint density at radius 2 is 1.87 bits per heavy atom. The molecule has 0 saturated carbocycles. The summed E-state index contributed by atoms with van der Waals surface area (Å²) in [5.41, 5.74) is -0.0364. The molecule has 2 aromatic rings. The minimum atomic E-state index is -3.68. The van der Waals surface area contributed by atoms with Gasteiger partial charge in [-0.15, -0.1) is 0 Å². The topological polar surface area (TPSA) is 126 Å². The van der Waals surface area contributed by atoms with Crippen molar-refractivity contribution in [2.75, 3.05) is 29.4 Å². The number of halogens is 1. The Labute approximate surface area is 174 Å². The summed E-state index contributed by atoms with van der Waals surface area (Å²) in [6.07, 6.45) is 4.31. The molecule has 0 spiro atoms. The van der Waals surface area contributed by atoms with Crippen LogP contribution in [0.25, 0.3) is 0 Å². The fraction of sp³-hybridized carbons (Fsp3) is 0.333. The van der Waals surface area contributed by atoms with Gasteiger partial charge in [-0.25, -0.2) is 21.2 Å². The summed E-state index contributed by atoms with van der Waals surface area (Å²) in [4.78, 5) is 16.5. The van der Waals surface area contributed by atoms with E-state index in [9.17, 15) is 26.0 Å². The molecule has 0 unspecified atom stereocenters. The zero-order valence-corrected chi connectivity index (χ0v) is 17.7. The first kappa shape index (κ1) is 22.1. The maximum absolute atomic E-state index is 13.8. The van der Waals surface area contributed by atoms with Gasteiger partial charge in [0.05, 0.1) is 11.9 Å². The zero-order chi connectivity index (χ0) is 21.9. The number of piperidine rings is 1. The van der Waals surface area contributed by atoms with Gasteiger partial charge in [0.25, 0.3) is 0 Å². The Morgan fingerprint density at radius 1 is 1.17 bits per heavy atom. The SMILES string of the molecule is CS(=O)(=O)Nc1cc(NC(=O)C2CCN(S(=O)(=O)c3cccnc3)CC2)ccc1F. The Kier molecular flexibility index (Phi) is 6.38. The fourth-order valence-corrected chi connectivity index (χ4v) is 5.12. The standard InChI is InChI=1S/C18H21FN4O5S2/c1-29(25,26)22-17-11-14(4-5-16(17)19)21-18(24)13-6-9-23(10-7-13)30(27,28)15-3-2-8-20-12-15/h2-5,8,11-13,22H,6-7,9-10H2,1H3,(H,21,24). The highest BCUT2D eigenvalue weighted by molar-refractivity contribution is 7.92. The first-order valence-electron chi connectivity index (χ1n) is 9.04. The van der Waals surface area contributed by atoms with Crippen LogP contribution in [0.4, 0.5) is 15.8 Å². The lowest BCUT2D eigenvalue weighted by Gasteiger charge is -2.30. The van der Waals surface area contributed by atoms with E-state index in [2.05, 4.69) is 10.3 Å². The van der Waals surface area contributed by atoms with Crippen molar-refractivity contribution in [3.63, 3.8) is 0 Å². The number of hydrogen-bond acceptors (Lipinski definition) is 6. The minimum absolute atomic E-state index is 0.102. The van der Waals surface area contributed by atoms with Crippen LogP contribution in [0.5, 0.6) is 0 Å². The van der Waals surface area contributed by atoms with Crippen LogP contribution in [0.2, 0.25) is 0 Å². The van der Waals surface area contributed by atoms with Crippen LogP contribution < -0.4 is 10.0 Å². The number of pyridine rings is 1. The molecule has 30 heavy (non-hydrogen) atoms. The molecule has 2 N–H and O–H groups in total. The van der Waals surface area contributed by atoms with E-state index in [0.29, 0.717) is 12.8 Å². The summed E-state index contributed by atoms with van der Waals surface area (Å²) in [6.45, 7) is 0.360. The van der Waals surface area contributed by atoms with E-state index in [1.165, 1.54) is 34.9 Å². The first-order chi connectivity index (χ1) is 14.1. The van der Waals surface area contributed by atoms with Crippen LogP contribution in [0.15, 0.2) is 47.6 Å². The molecule has 2 heterocycles. The molecule has 0 radical (unpaired) electrons. The molecular formula is C18H21FN4O5S2. The second-order valence-electron chi connectivity index (χ2n) is 6.93. The second kappa shape index (κ2) is 8.66. The molecule has 0 aliphatic carbocycles. The predicted molar refractivity (Wildman–Crippen MR) is 109 cm³/mol. The number of amides is 1. The van der Waals surface area contributed by atoms with Crippen LogP contribution in [0.3, 0.4) is 0 Å². The number of sulfonamides is 2. The number of nitrogens with zero attached hydrogens (tertiary/aromatic N) is 2. The van der Waals surface area contributed by atoms with E-state index >= 15 is 0 Å². The van der Waals surface area contributed by atoms with E-state index in [1.807, 2.05) is 4.72 Å². The predicted octanol–water partition coefficient (Wildman–Crippen LogP) is 1.63. The van der Waals surface area contributed by atoms with Crippen molar-refractivity contribution in [1.82, 2.24) is 9.29 Å². The molecule has 1 amide bonds. The Bertz CT molecular complexity index is 1130. The molecule has 1 aliphatic rings. The van der Waals surface area contributed by atoms with Crippen molar-refractivity contribution >= 4 is 37.3 Å². The van der Waals surface area contributed by atoms with Gasteiger partial charge in [0.2, 0.25) is 26.0 Å². The van der Waals surface area contributed by atoms with Crippen molar-refractivity contribution < 1.29 is 26.0 Å². The van der Waals surface area contributed by atoms with Crippen molar-refractivity contribution in [3.05, 3.63) is 48.5 Å². The molecule has 12 heteroatoms. The highest BCUT2D eigenvalue weighted by Gasteiger charge is 2.32. The van der Waals surface area contributed by atoms with Crippen molar-refractivity contribution in [2.45, 2.75) is 17.7 Å². The van der Waals surface area contributed by atoms with Crippen LogP contribution >= 0.6 is 0 Å². The van der Waals surface area contributed by atoms with Crippen molar-refractivity contribution in [1.29, 1.82) is 0 Å². The van der Waals surface area contributed by atoms with E-state index < -0.39 is 31.8 Å². The Morgan fingerprint density at radius 3 is 2.47 bits per heavy atom. The number of nitrogens with one attached hydrogen (secondary N) is 2. The third-order valence-electron chi connectivity index (χ3n) is 4.63. The fourth-order valence-electron chi connectivity index (χ4n) is 3.13. The quantitative estimate of drug-likeness (QED) is 0.681. The second-order valence-corrected chi connectivity index (χ2v) is 10.6. The first-order valence-corrected chi connectivity index (χ1v) is 12.4. The summed E-state index contributed by atoms with van der Waals surface area (Å²) in [6, 6.07) is 6.58. The largest absolute Gasteiger partial charge is 0.326 e. The number of rotatable bonds is 6. The van der Waals surface area contributed by atoms with Crippen molar-refractivity contribution in [3.8, 4) is 0 Å². The highest BCUT2D eigenvalue weighted by atomic mass is 32.2. The number of carbonyl (C=O) groups excluding carboxylic acids is 1. The number of hydrogen-bond donors (Lipinski definition) is 2. The summed E-state index contributed by atoms with van der Waals surface area (Å²) < 4.78 is 65.1. The molecule has 1 aliphatic heterocycles. The number of benzene rings is 1. The molecule has 1 aromatic carbocycles. The van der Waals surface area contributed by atoms with Crippen LogP contribution in [-0.4, -0.2) is 51.4 Å². The molecule has 3 rings (SSSR count). The molecular weight excluding hydrogens is 435 g/mol. The lowest BCUT2D eigenvalue weighted by atomic mass is 9.97. The normalized spacial score (nSPS) is 16.2. The third-order valence-corrected chi connectivity index (χ3v) is 7.10. The van der Waals surface area contributed by atoms with Gasteiger partial charge in [-0.1, -0.05) is 0 Å².